The summed E-state index contributed by atoms with van der Waals surface area (Å²) in [5.41, 5.74) is 2.61. The van der Waals surface area contributed by atoms with Crippen molar-refractivity contribution in [3.05, 3.63) is 36.0 Å². The van der Waals surface area contributed by atoms with E-state index < -0.39 is 0 Å². The molecule has 0 unspecified atom stereocenters. The van der Waals surface area contributed by atoms with Crippen molar-refractivity contribution in [1.82, 2.24) is 15.2 Å². The lowest BCUT2D eigenvalue weighted by molar-refractivity contribution is 0.464. The molecule has 1 heterocycles. The molecule has 134 valence electrons. The second kappa shape index (κ2) is 11.3. The quantitative estimate of drug-likeness (QED) is 0.275. The molecule has 4 nitrogen and oxygen atoms in total. The van der Waals surface area contributed by atoms with Gasteiger partial charge in [0.1, 0.15) is 0 Å². The molecule has 0 radical (unpaired) electrons. The molecule has 2 rings (SSSR count). The van der Waals surface area contributed by atoms with E-state index in [2.05, 4.69) is 66.6 Å². The van der Waals surface area contributed by atoms with Gasteiger partial charge >= 0.3 is 0 Å². The number of hydrogen-bond donors (Lipinski definition) is 2. The molecule has 0 saturated heterocycles. The monoisotopic (exact) mass is 442 g/mol. The molecule has 0 amide bonds. The summed E-state index contributed by atoms with van der Waals surface area (Å²) in [5, 5.41) is 4.72. The molecular formula is C19H31IN4. The summed E-state index contributed by atoms with van der Waals surface area (Å²) in [5.74, 6) is 1.03. The molecule has 1 aromatic heterocycles. The Morgan fingerprint density at radius 1 is 1.21 bits per heavy atom. The number of aliphatic imine (C=N–C) groups is 1. The molecule has 0 aliphatic rings. The van der Waals surface area contributed by atoms with Gasteiger partial charge in [-0.2, -0.15) is 0 Å². The van der Waals surface area contributed by atoms with Gasteiger partial charge in [-0.1, -0.05) is 31.5 Å². The molecule has 2 aromatic rings. The summed E-state index contributed by atoms with van der Waals surface area (Å²) < 4.78 is 0. The van der Waals surface area contributed by atoms with E-state index >= 15 is 0 Å². The fraction of sp³-hybridized carbons (Fsp3) is 0.526. The number of benzene rings is 1. The number of guanidine groups is 1. The minimum atomic E-state index is 0. The molecule has 0 aliphatic heterocycles. The van der Waals surface area contributed by atoms with Crippen LogP contribution < -0.4 is 5.32 Å². The van der Waals surface area contributed by atoms with Crippen LogP contribution in [0, 0.1) is 0 Å². The van der Waals surface area contributed by atoms with Crippen molar-refractivity contribution in [2.24, 2.45) is 4.99 Å². The third-order valence-electron chi connectivity index (χ3n) is 4.08. The van der Waals surface area contributed by atoms with Crippen molar-refractivity contribution in [2.45, 2.75) is 39.5 Å². The summed E-state index contributed by atoms with van der Waals surface area (Å²) in [6, 6.07) is 8.49. The van der Waals surface area contributed by atoms with Crippen LogP contribution >= 0.6 is 24.0 Å². The average molecular weight is 442 g/mol. The first-order chi connectivity index (χ1) is 11.3. The second-order valence-electron chi connectivity index (χ2n) is 5.97. The fourth-order valence-corrected chi connectivity index (χ4v) is 2.76. The number of H-pyrrole nitrogens is 1. The van der Waals surface area contributed by atoms with Crippen molar-refractivity contribution >= 4 is 40.8 Å². The standard InChI is InChI=1S/C19H30N4.HI/c1-4-6-14-23(3)19(20-5-2)21-13-9-10-16-15-22-18-12-8-7-11-17(16)18;/h7-8,11-12,15,22H,4-6,9-10,13-14H2,1-3H3,(H,20,21);1H. The number of aryl methyl sites for hydroxylation is 1. The second-order valence-corrected chi connectivity index (χ2v) is 5.97. The fourth-order valence-electron chi connectivity index (χ4n) is 2.76. The van der Waals surface area contributed by atoms with Gasteiger partial charge in [0.15, 0.2) is 5.96 Å². The van der Waals surface area contributed by atoms with Gasteiger partial charge in [-0.25, -0.2) is 0 Å². The smallest absolute Gasteiger partial charge is 0.193 e. The summed E-state index contributed by atoms with van der Waals surface area (Å²) in [4.78, 5) is 10.3. The number of unbranched alkanes of at least 4 members (excludes halogenated alkanes) is 1. The van der Waals surface area contributed by atoms with Crippen LogP contribution in [0.25, 0.3) is 10.9 Å². The van der Waals surface area contributed by atoms with Crippen molar-refractivity contribution in [2.75, 3.05) is 26.7 Å². The number of aromatic nitrogens is 1. The summed E-state index contributed by atoms with van der Waals surface area (Å²) in [7, 11) is 2.12. The predicted octanol–water partition coefficient (Wildman–Crippen LogP) is 4.42. The maximum Gasteiger partial charge on any atom is 0.193 e. The highest BCUT2D eigenvalue weighted by molar-refractivity contribution is 14.0. The molecule has 0 aliphatic carbocycles. The van der Waals surface area contributed by atoms with Gasteiger partial charge in [0.2, 0.25) is 0 Å². The molecule has 5 heteroatoms. The summed E-state index contributed by atoms with van der Waals surface area (Å²) >= 11 is 0. The van der Waals surface area contributed by atoms with Crippen LogP contribution in [0.1, 0.15) is 38.7 Å². The number of aromatic amines is 1. The molecule has 0 bridgehead atoms. The van der Waals surface area contributed by atoms with Gasteiger partial charge in [0.25, 0.3) is 0 Å². The average Bonchev–Trinajstić information content (AvgIpc) is 2.98. The lowest BCUT2D eigenvalue weighted by Crippen LogP contribution is -2.39. The highest BCUT2D eigenvalue weighted by Gasteiger charge is 2.05. The Bertz CT molecular complexity index is 621. The topological polar surface area (TPSA) is 43.4 Å². The lowest BCUT2D eigenvalue weighted by atomic mass is 10.1. The zero-order valence-corrected chi connectivity index (χ0v) is 17.5. The Balaban J connectivity index is 0.00000288. The molecule has 1 aromatic carbocycles. The van der Waals surface area contributed by atoms with E-state index in [1.54, 1.807) is 0 Å². The molecule has 0 atom stereocenters. The minimum absolute atomic E-state index is 0. The van der Waals surface area contributed by atoms with E-state index in [-0.39, 0.29) is 24.0 Å². The van der Waals surface area contributed by atoms with Crippen LogP contribution in [0.15, 0.2) is 35.5 Å². The number of nitrogens with zero attached hydrogens (tertiary/aromatic N) is 2. The summed E-state index contributed by atoms with van der Waals surface area (Å²) in [6.07, 6.45) is 6.68. The van der Waals surface area contributed by atoms with Crippen molar-refractivity contribution < 1.29 is 0 Å². The minimum Gasteiger partial charge on any atom is -0.361 e. The van der Waals surface area contributed by atoms with Gasteiger partial charge in [0, 0.05) is 43.8 Å². The number of hydrogen-bond acceptors (Lipinski definition) is 1. The highest BCUT2D eigenvalue weighted by Crippen LogP contribution is 2.18. The molecule has 0 fully saturated rings. The first-order valence-electron chi connectivity index (χ1n) is 8.80. The third-order valence-corrected chi connectivity index (χ3v) is 4.08. The molecule has 0 saturated carbocycles. The van der Waals surface area contributed by atoms with Gasteiger partial charge in [0.05, 0.1) is 0 Å². The van der Waals surface area contributed by atoms with E-state index in [1.807, 2.05) is 0 Å². The van der Waals surface area contributed by atoms with Gasteiger partial charge in [-0.3, -0.25) is 4.99 Å². The Morgan fingerprint density at radius 3 is 2.75 bits per heavy atom. The number of fused-ring (bicyclic) bond motifs is 1. The van der Waals surface area contributed by atoms with Crippen LogP contribution in [0.4, 0.5) is 0 Å². The van der Waals surface area contributed by atoms with E-state index in [1.165, 1.54) is 29.3 Å². The molecule has 2 N–H and O–H groups in total. The number of nitrogens with one attached hydrogen (secondary N) is 2. The van der Waals surface area contributed by atoms with Crippen molar-refractivity contribution in [1.29, 1.82) is 0 Å². The SMILES string of the molecule is CCCCN(C)C(=NCCCc1c[nH]c2ccccc12)NCC.I. The predicted molar refractivity (Wildman–Crippen MR) is 116 cm³/mol. The lowest BCUT2D eigenvalue weighted by Gasteiger charge is -2.21. The summed E-state index contributed by atoms with van der Waals surface area (Å²) in [6.45, 7) is 7.18. The van der Waals surface area contributed by atoms with Gasteiger partial charge < -0.3 is 15.2 Å². The van der Waals surface area contributed by atoms with Crippen LogP contribution in [0.5, 0.6) is 0 Å². The first-order valence-corrected chi connectivity index (χ1v) is 8.80. The molecule has 24 heavy (non-hydrogen) atoms. The van der Waals surface area contributed by atoms with Gasteiger partial charge in [-0.05, 0) is 37.8 Å². The van der Waals surface area contributed by atoms with Gasteiger partial charge in [-0.15, -0.1) is 24.0 Å². The van der Waals surface area contributed by atoms with Crippen LogP contribution in [0.2, 0.25) is 0 Å². The van der Waals surface area contributed by atoms with E-state index in [9.17, 15) is 0 Å². The van der Waals surface area contributed by atoms with E-state index in [0.717, 1.165) is 38.4 Å². The molecular weight excluding hydrogens is 411 g/mol. The largest absolute Gasteiger partial charge is 0.361 e. The van der Waals surface area contributed by atoms with Crippen LogP contribution in [0.3, 0.4) is 0 Å². The Kier molecular flexibility index (Phi) is 9.83. The van der Waals surface area contributed by atoms with Crippen LogP contribution in [-0.4, -0.2) is 42.5 Å². The first kappa shape index (κ1) is 20.8. The number of halogens is 1. The van der Waals surface area contributed by atoms with E-state index in [0.29, 0.717) is 0 Å². The Morgan fingerprint density at radius 2 is 2.00 bits per heavy atom. The normalized spacial score (nSPS) is 11.4. The zero-order chi connectivity index (χ0) is 16.5. The van der Waals surface area contributed by atoms with E-state index in [4.69, 9.17) is 4.99 Å². The van der Waals surface area contributed by atoms with Crippen LogP contribution in [-0.2, 0) is 6.42 Å². The number of rotatable bonds is 8. The zero-order valence-electron chi connectivity index (χ0n) is 15.1. The Hall–Kier alpha value is -1.24. The third kappa shape index (κ3) is 6.00. The van der Waals surface area contributed by atoms with Crippen molar-refractivity contribution in [3.63, 3.8) is 0 Å². The van der Waals surface area contributed by atoms with Crippen molar-refractivity contribution in [3.8, 4) is 0 Å². The Labute approximate surface area is 163 Å². The highest BCUT2D eigenvalue weighted by atomic mass is 127. The maximum absolute atomic E-state index is 4.77. The maximum atomic E-state index is 4.77. The molecule has 0 spiro atoms. The number of para-hydroxylation sites is 1.